The standard InChI is InChI=1S/C20H18F2N2O4/c1-4-24-10-14(19(25)23-16-6-5-11(21)7-15(16)22)12-8-17(27-2)18(28-3)9-13(12)20(24)26/h5-10H,4H2,1-3H3,(H,23,25). The lowest BCUT2D eigenvalue weighted by Crippen LogP contribution is -2.23. The van der Waals surface area contributed by atoms with Crippen molar-refractivity contribution in [1.82, 2.24) is 4.57 Å². The Bertz CT molecular complexity index is 1130. The van der Waals surface area contributed by atoms with E-state index < -0.39 is 17.5 Å². The molecular formula is C20H18F2N2O4. The highest BCUT2D eigenvalue weighted by molar-refractivity contribution is 6.13. The second-order valence-electron chi connectivity index (χ2n) is 5.97. The number of carbonyl (C=O) groups is 1. The van der Waals surface area contributed by atoms with E-state index in [0.29, 0.717) is 29.5 Å². The average Bonchev–Trinajstić information content (AvgIpc) is 2.69. The molecule has 0 bridgehead atoms. The zero-order chi connectivity index (χ0) is 20.4. The smallest absolute Gasteiger partial charge is 0.258 e. The van der Waals surface area contributed by atoms with Gasteiger partial charge in [0.15, 0.2) is 11.5 Å². The normalized spacial score (nSPS) is 10.8. The molecule has 1 N–H and O–H groups in total. The zero-order valence-corrected chi connectivity index (χ0v) is 15.5. The molecule has 0 saturated carbocycles. The Labute approximate surface area is 159 Å². The lowest BCUT2D eigenvalue weighted by atomic mass is 10.1. The van der Waals surface area contributed by atoms with Crippen molar-refractivity contribution in [3.63, 3.8) is 0 Å². The Morgan fingerprint density at radius 2 is 1.71 bits per heavy atom. The van der Waals surface area contributed by atoms with Gasteiger partial charge in [-0.25, -0.2) is 8.78 Å². The minimum Gasteiger partial charge on any atom is -0.493 e. The van der Waals surface area contributed by atoms with Crippen LogP contribution in [0.1, 0.15) is 17.3 Å². The molecule has 6 nitrogen and oxygen atoms in total. The number of halogens is 2. The second kappa shape index (κ2) is 7.67. The Hall–Kier alpha value is -3.42. The van der Waals surface area contributed by atoms with Crippen LogP contribution in [-0.2, 0) is 6.54 Å². The van der Waals surface area contributed by atoms with Crippen LogP contribution in [0.3, 0.4) is 0 Å². The van der Waals surface area contributed by atoms with Gasteiger partial charge < -0.3 is 19.4 Å². The predicted octanol–water partition coefficient (Wildman–Crippen LogP) is 3.57. The van der Waals surface area contributed by atoms with Crippen LogP contribution < -0.4 is 20.3 Å². The molecule has 28 heavy (non-hydrogen) atoms. The number of amides is 1. The van der Waals surface area contributed by atoms with E-state index >= 15 is 0 Å². The number of rotatable bonds is 5. The molecule has 0 aliphatic rings. The molecule has 0 aliphatic heterocycles. The van der Waals surface area contributed by atoms with Crippen LogP contribution in [0, 0.1) is 11.6 Å². The van der Waals surface area contributed by atoms with Crippen LogP contribution in [0.4, 0.5) is 14.5 Å². The van der Waals surface area contributed by atoms with E-state index in [9.17, 15) is 18.4 Å². The molecule has 0 radical (unpaired) electrons. The van der Waals surface area contributed by atoms with Crippen molar-refractivity contribution >= 4 is 22.4 Å². The lowest BCUT2D eigenvalue weighted by molar-refractivity contribution is 0.102. The van der Waals surface area contributed by atoms with Crippen molar-refractivity contribution in [2.24, 2.45) is 0 Å². The summed E-state index contributed by atoms with van der Waals surface area (Å²) in [7, 11) is 2.88. The molecule has 0 unspecified atom stereocenters. The highest BCUT2D eigenvalue weighted by Crippen LogP contribution is 2.32. The van der Waals surface area contributed by atoms with E-state index in [0.717, 1.165) is 12.1 Å². The number of carbonyl (C=O) groups excluding carboxylic acids is 1. The summed E-state index contributed by atoms with van der Waals surface area (Å²) in [4.78, 5) is 25.5. The molecule has 1 heterocycles. The Balaban J connectivity index is 2.19. The number of nitrogens with zero attached hydrogens (tertiary/aromatic N) is 1. The van der Waals surface area contributed by atoms with Crippen molar-refractivity contribution in [3.8, 4) is 11.5 Å². The Kier molecular flexibility index (Phi) is 5.30. The van der Waals surface area contributed by atoms with Gasteiger partial charge in [0.1, 0.15) is 11.6 Å². The van der Waals surface area contributed by atoms with E-state index in [4.69, 9.17) is 9.47 Å². The number of hydrogen-bond donors (Lipinski definition) is 1. The molecule has 146 valence electrons. The number of benzene rings is 2. The molecule has 8 heteroatoms. The first kappa shape index (κ1) is 19.3. The molecule has 0 atom stereocenters. The summed E-state index contributed by atoms with van der Waals surface area (Å²) < 4.78 is 38.9. The Morgan fingerprint density at radius 1 is 1.07 bits per heavy atom. The number of hydrogen-bond acceptors (Lipinski definition) is 4. The number of pyridine rings is 1. The van der Waals surface area contributed by atoms with Gasteiger partial charge in [-0.05, 0) is 31.2 Å². The summed E-state index contributed by atoms with van der Waals surface area (Å²) in [5, 5.41) is 3.00. The zero-order valence-electron chi connectivity index (χ0n) is 15.5. The number of aromatic nitrogens is 1. The molecule has 3 aromatic rings. The largest absolute Gasteiger partial charge is 0.493 e. The minimum absolute atomic E-state index is 0.140. The van der Waals surface area contributed by atoms with Crippen molar-refractivity contribution in [2.45, 2.75) is 13.5 Å². The van der Waals surface area contributed by atoms with E-state index in [1.807, 2.05) is 0 Å². The first-order valence-corrected chi connectivity index (χ1v) is 8.45. The number of methoxy groups -OCH3 is 2. The van der Waals surface area contributed by atoms with Crippen molar-refractivity contribution in [2.75, 3.05) is 19.5 Å². The number of nitrogens with one attached hydrogen (secondary N) is 1. The molecule has 1 aromatic heterocycles. The third-order valence-corrected chi connectivity index (χ3v) is 4.35. The maximum absolute atomic E-state index is 13.9. The van der Waals surface area contributed by atoms with Gasteiger partial charge in [0.05, 0.1) is 30.9 Å². The molecular weight excluding hydrogens is 370 g/mol. The Morgan fingerprint density at radius 3 is 2.29 bits per heavy atom. The van der Waals surface area contributed by atoms with Crippen LogP contribution in [0.15, 0.2) is 41.3 Å². The third kappa shape index (κ3) is 3.40. The number of fused-ring (bicyclic) bond motifs is 1. The lowest BCUT2D eigenvalue weighted by Gasteiger charge is -2.14. The summed E-state index contributed by atoms with van der Waals surface area (Å²) in [5.74, 6) is -1.62. The summed E-state index contributed by atoms with van der Waals surface area (Å²) in [6.45, 7) is 2.09. The van der Waals surface area contributed by atoms with Gasteiger partial charge >= 0.3 is 0 Å². The van der Waals surface area contributed by atoms with Crippen LogP contribution in [0.25, 0.3) is 10.8 Å². The monoisotopic (exact) mass is 388 g/mol. The van der Waals surface area contributed by atoms with Crippen molar-refractivity contribution in [1.29, 1.82) is 0 Å². The van der Waals surface area contributed by atoms with Gasteiger partial charge in [-0.15, -0.1) is 0 Å². The van der Waals surface area contributed by atoms with Gasteiger partial charge in [-0.1, -0.05) is 0 Å². The SMILES string of the molecule is CCn1cc(C(=O)Nc2ccc(F)cc2F)c2cc(OC)c(OC)cc2c1=O. The molecule has 2 aromatic carbocycles. The fourth-order valence-corrected chi connectivity index (χ4v) is 2.91. The van der Waals surface area contributed by atoms with E-state index in [2.05, 4.69) is 5.32 Å². The van der Waals surface area contributed by atoms with Gasteiger partial charge in [-0.3, -0.25) is 9.59 Å². The second-order valence-corrected chi connectivity index (χ2v) is 5.97. The van der Waals surface area contributed by atoms with Gasteiger partial charge in [0.2, 0.25) is 0 Å². The predicted molar refractivity (Wildman–Crippen MR) is 101 cm³/mol. The van der Waals surface area contributed by atoms with Crippen LogP contribution >= 0.6 is 0 Å². The van der Waals surface area contributed by atoms with Gasteiger partial charge in [0, 0.05) is 24.2 Å². The summed E-state index contributed by atoms with van der Waals surface area (Å²) in [6.07, 6.45) is 1.40. The first-order chi connectivity index (χ1) is 13.4. The molecule has 1 amide bonds. The van der Waals surface area contributed by atoms with Gasteiger partial charge in [-0.2, -0.15) is 0 Å². The highest BCUT2D eigenvalue weighted by atomic mass is 19.1. The molecule has 0 spiro atoms. The molecule has 0 aliphatic carbocycles. The topological polar surface area (TPSA) is 69.6 Å². The van der Waals surface area contributed by atoms with Gasteiger partial charge in [0.25, 0.3) is 11.5 Å². The van der Waals surface area contributed by atoms with E-state index in [1.165, 1.54) is 37.1 Å². The van der Waals surface area contributed by atoms with E-state index in [-0.39, 0.29) is 22.2 Å². The summed E-state index contributed by atoms with van der Waals surface area (Å²) >= 11 is 0. The van der Waals surface area contributed by atoms with Crippen LogP contribution in [-0.4, -0.2) is 24.7 Å². The van der Waals surface area contributed by atoms with Crippen molar-refractivity contribution in [3.05, 3.63) is 64.1 Å². The molecule has 0 fully saturated rings. The van der Waals surface area contributed by atoms with E-state index in [1.54, 1.807) is 6.92 Å². The highest BCUT2D eigenvalue weighted by Gasteiger charge is 2.19. The fraction of sp³-hybridized carbons (Fsp3) is 0.200. The first-order valence-electron chi connectivity index (χ1n) is 8.45. The maximum Gasteiger partial charge on any atom is 0.258 e. The van der Waals surface area contributed by atoms with Crippen LogP contribution in [0.2, 0.25) is 0 Å². The fourth-order valence-electron chi connectivity index (χ4n) is 2.91. The number of aryl methyl sites for hydroxylation is 1. The maximum atomic E-state index is 13.9. The van der Waals surface area contributed by atoms with Crippen molar-refractivity contribution < 1.29 is 23.0 Å². The average molecular weight is 388 g/mol. The summed E-state index contributed by atoms with van der Waals surface area (Å²) in [5.41, 5.74) is -0.335. The number of anilines is 1. The molecule has 3 rings (SSSR count). The third-order valence-electron chi connectivity index (χ3n) is 4.35. The quantitative estimate of drug-likeness (QED) is 0.726. The summed E-state index contributed by atoms with van der Waals surface area (Å²) in [6, 6.07) is 5.86. The minimum atomic E-state index is -0.902. The van der Waals surface area contributed by atoms with Crippen LogP contribution in [0.5, 0.6) is 11.5 Å². The number of ether oxygens (including phenoxy) is 2. The molecule has 0 saturated heterocycles.